The molecule has 1 amide bonds. The Balaban J connectivity index is 0.00000208. The molecule has 0 saturated carbocycles. The zero-order valence-corrected chi connectivity index (χ0v) is 15.2. The van der Waals surface area contributed by atoms with Gasteiger partial charge in [-0.1, -0.05) is 12.1 Å². The number of anilines is 1. The van der Waals surface area contributed by atoms with E-state index in [9.17, 15) is 4.79 Å². The lowest BCUT2D eigenvalue weighted by Crippen LogP contribution is -2.32. The number of nitrogens with one attached hydrogen (secondary N) is 2. The average molecular weight is 354 g/mol. The molecule has 3 rings (SSSR count). The van der Waals surface area contributed by atoms with E-state index < -0.39 is 0 Å². The van der Waals surface area contributed by atoms with Crippen molar-refractivity contribution in [2.45, 2.75) is 38.3 Å². The Hall–Kier alpha value is -1.30. The summed E-state index contributed by atoms with van der Waals surface area (Å²) >= 11 is 0. The molecule has 2 N–H and O–H groups in total. The maximum absolute atomic E-state index is 12.2. The maximum atomic E-state index is 12.2. The normalized spacial score (nSPS) is 19.5. The molecule has 1 atom stereocenters. The van der Waals surface area contributed by atoms with Crippen molar-refractivity contribution in [3.05, 3.63) is 29.3 Å². The average Bonchev–Trinajstić information content (AvgIpc) is 3.04. The van der Waals surface area contributed by atoms with Gasteiger partial charge in [-0.05, 0) is 43.0 Å². The number of hydrogen-bond donors (Lipinski definition) is 2. The summed E-state index contributed by atoms with van der Waals surface area (Å²) in [6, 6.07) is 6.88. The van der Waals surface area contributed by atoms with E-state index in [4.69, 9.17) is 4.74 Å². The van der Waals surface area contributed by atoms with Crippen molar-refractivity contribution < 1.29 is 9.53 Å². The van der Waals surface area contributed by atoms with Gasteiger partial charge in [0.05, 0.1) is 0 Å². The number of amides is 1. The summed E-state index contributed by atoms with van der Waals surface area (Å²) in [6.07, 6.45) is 3.51. The summed E-state index contributed by atoms with van der Waals surface area (Å²) < 4.78 is 5.02. The number of nitrogens with zero attached hydrogens (tertiary/aromatic N) is 1. The lowest BCUT2D eigenvalue weighted by molar-refractivity contribution is -0.130. The number of carbonyl (C=O) groups excluding carboxylic acids is 1. The molecule has 2 heterocycles. The van der Waals surface area contributed by atoms with Crippen molar-refractivity contribution in [1.29, 1.82) is 0 Å². The van der Waals surface area contributed by atoms with E-state index in [1.807, 2.05) is 4.90 Å². The molecular weight excluding hydrogens is 326 g/mol. The van der Waals surface area contributed by atoms with E-state index in [0.29, 0.717) is 19.1 Å². The van der Waals surface area contributed by atoms with Crippen LogP contribution in [0.4, 0.5) is 5.69 Å². The van der Waals surface area contributed by atoms with E-state index >= 15 is 0 Å². The van der Waals surface area contributed by atoms with E-state index in [0.717, 1.165) is 45.4 Å². The number of methoxy groups -OCH3 is 1. The third-order valence-corrected chi connectivity index (χ3v) is 4.79. The standard InChI is InChI=1S/C18H27N3O2.ClH/c1-23-11-3-6-18(22)21-10-8-15(13-21)20-17-5-2-4-14-7-9-19-12-16(14)17;/h2,4-5,15,19-20H,3,6-13H2,1H3;1H/t15-;/m0./s1. The van der Waals surface area contributed by atoms with Gasteiger partial charge in [-0.15, -0.1) is 12.4 Å². The third kappa shape index (κ3) is 4.62. The summed E-state index contributed by atoms with van der Waals surface area (Å²) in [5, 5.41) is 7.11. The van der Waals surface area contributed by atoms with Gasteiger partial charge >= 0.3 is 0 Å². The lowest BCUT2D eigenvalue weighted by atomic mass is 9.99. The van der Waals surface area contributed by atoms with Crippen LogP contribution in [0.3, 0.4) is 0 Å². The largest absolute Gasteiger partial charge is 0.385 e. The molecule has 0 spiro atoms. The maximum Gasteiger partial charge on any atom is 0.222 e. The second kappa shape index (κ2) is 9.25. The first kappa shape index (κ1) is 19.0. The van der Waals surface area contributed by atoms with Gasteiger partial charge in [0.15, 0.2) is 0 Å². The Kier molecular flexibility index (Phi) is 7.34. The number of hydrogen-bond acceptors (Lipinski definition) is 4. The highest BCUT2D eigenvalue weighted by Crippen LogP contribution is 2.25. The smallest absolute Gasteiger partial charge is 0.222 e. The van der Waals surface area contributed by atoms with Crippen LogP contribution < -0.4 is 10.6 Å². The second-order valence-corrected chi connectivity index (χ2v) is 6.44. The fourth-order valence-corrected chi connectivity index (χ4v) is 3.50. The summed E-state index contributed by atoms with van der Waals surface area (Å²) in [5.41, 5.74) is 4.07. The molecule has 6 heteroatoms. The molecule has 5 nitrogen and oxygen atoms in total. The minimum absolute atomic E-state index is 0. The highest BCUT2D eigenvalue weighted by molar-refractivity contribution is 5.85. The lowest BCUT2D eigenvalue weighted by Gasteiger charge is -2.23. The monoisotopic (exact) mass is 353 g/mol. The molecule has 1 aromatic carbocycles. The molecule has 1 aromatic rings. The quantitative estimate of drug-likeness (QED) is 0.770. The van der Waals surface area contributed by atoms with Gasteiger partial charge in [-0.2, -0.15) is 0 Å². The van der Waals surface area contributed by atoms with Gasteiger partial charge < -0.3 is 20.3 Å². The number of fused-ring (bicyclic) bond motifs is 1. The molecule has 0 unspecified atom stereocenters. The van der Waals surface area contributed by atoms with E-state index in [-0.39, 0.29) is 18.3 Å². The zero-order valence-electron chi connectivity index (χ0n) is 14.3. The summed E-state index contributed by atoms with van der Waals surface area (Å²) in [6.45, 7) is 4.32. The SMILES string of the molecule is COCCCC(=O)N1CC[C@H](Nc2cccc3c2CNCC3)C1.Cl. The number of rotatable bonds is 6. The van der Waals surface area contributed by atoms with Crippen LogP contribution in [0.2, 0.25) is 0 Å². The van der Waals surface area contributed by atoms with Crippen molar-refractivity contribution in [3.63, 3.8) is 0 Å². The van der Waals surface area contributed by atoms with Crippen LogP contribution in [0.1, 0.15) is 30.4 Å². The molecule has 1 saturated heterocycles. The Labute approximate surface area is 150 Å². The van der Waals surface area contributed by atoms with Crippen LogP contribution in [0, 0.1) is 0 Å². The van der Waals surface area contributed by atoms with E-state index in [2.05, 4.69) is 28.8 Å². The van der Waals surface area contributed by atoms with Gasteiger partial charge in [0.25, 0.3) is 0 Å². The molecule has 134 valence electrons. The topological polar surface area (TPSA) is 53.6 Å². The molecule has 1 fully saturated rings. The predicted octanol–water partition coefficient (Wildman–Crippen LogP) is 2.19. The molecule has 2 aliphatic heterocycles. The predicted molar refractivity (Wildman–Crippen MR) is 98.8 cm³/mol. The molecule has 0 bridgehead atoms. The number of ether oxygens (including phenoxy) is 1. The van der Waals surface area contributed by atoms with Crippen molar-refractivity contribution in [2.75, 3.05) is 38.7 Å². The first-order valence-corrected chi connectivity index (χ1v) is 8.62. The highest BCUT2D eigenvalue weighted by Gasteiger charge is 2.26. The fraction of sp³-hybridized carbons (Fsp3) is 0.611. The summed E-state index contributed by atoms with van der Waals surface area (Å²) in [7, 11) is 1.68. The van der Waals surface area contributed by atoms with Crippen LogP contribution in [-0.2, 0) is 22.5 Å². The van der Waals surface area contributed by atoms with Crippen LogP contribution in [0.25, 0.3) is 0 Å². The molecular formula is C18H28ClN3O2. The van der Waals surface area contributed by atoms with Crippen LogP contribution in [0.15, 0.2) is 18.2 Å². The first-order valence-electron chi connectivity index (χ1n) is 8.62. The van der Waals surface area contributed by atoms with Gasteiger partial charge in [-0.3, -0.25) is 4.79 Å². The van der Waals surface area contributed by atoms with Gasteiger partial charge in [-0.25, -0.2) is 0 Å². The fourth-order valence-electron chi connectivity index (χ4n) is 3.50. The van der Waals surface area contributed by atoms with Crippen molar-refractivity contribution in [3.8, 4) is 0 Å². The number of carbonyl (C=O) groups is 1. The first-order chi connectivity index (χ1) is 11.3. The Morgan fingerprint density at radius 3 is 3.17 bits per heavy atom. The molecule has 0 radical (unpaired) electrons. The van der Waals surface area contributed by atoms with Crippen LogP contribution in [0.5, 0.6) is 0 Å². The summed E-state index contributed by atoms with van der Waals surface area (Å²) in [5.74, 6) is 0.253. The van der Waals surface area contributed by atoms with Crippen LogP contribution >= 0.6 is 12.4 Å². The molecule has 24 heavy (non-hydrogen) atoms. The van der Waals surface area contributed by atoms with Crippen molar-refractivity contribution in [1.82, 2.24) is 10.2 Å². The van der Waals surface area contributed by atoms with Gasteiger partial charge in [0, 0.05) is 51.5 Å². The van der Waals surface area contributed by atoms with Gasteiger partial charge in [0.1, 0.15) is 0 Å². The molecule has 0 aliphatic carbocycles. The number of likely N-dealkylation sites (tertiary alicyclic amines) is 1. The van der Waals surface area contributed by atoms with Gasteiger partial charge in [0.2, 0.25) is 5.91 Å². The number of benzene rings is 1. The Bertz CT molecular complexity index is 553. The summed E-state index contributed by atoms with van der Waals surface area (Å²) in [4.78, 5) is 14.2. The van der Waals surface area contributed by atoms with E-state index in [1.165, 1.54) is 16.8 Å². The minimum Gasteiger partial charge on any atom is -0.385 e. The van der Waals surface area contributed by atoms with E-state index in [1.54, 1.807) is 7.11 Å². The van der Waals surface area contributed by atoms with Crippen LogP contribution in [-0.4, -0.2) is 50.2 Å². The number of halogens is 1. The van der Waals surface area contributed by atoms with Crippen molar-refractivity contribution >= 4 is 24.0 Å². The van der Waals surface area contributed by atoms with Crippen molar-refractivity contribution in [2.24, 2.45) is 0 Å². The zero-order chi connectivity index (χ0) is 16.1. The molecule has 2 aliphatic rings. The third-order valence-electron chi connectivity index (χ3n) is 4.79. The minimum atomic E-state index is 0. The second-order valence-electron chi connectivity index (χ2n) is 6.44. The molecule has 0 aromatic heterocycles. The highest BCUT2D eigenvalue weighted by atomic mass is 35.5. The Morgan fingerprint density at radius 1 is 1.46 bits per heavy atom. The Morgan fingerprint density at radius 2 is 2.33 bits per heavy atom.